The number of rotatable bonds is 2. The summed E-state index contributed by atoms with van der Waals surface area (Å²) in [6.07, 6.45) is 7.10. The number of nitrogens with one attached hydrogen (secondary N) is 1. The maximum Gasteiger partial charge on any atom is 0.182 e. The van der Waals surface area contributed by atoms with Crippen molar-refractivity contribution in [2.24, 2.45) is 5.84 Å². The number of hydrazine groups is 1. The molecule has 3 rings (SSSR count). The molecule has 1 aliphatic carbocycles. The van der Waals surface area contributed by atoms with E-state index in [2.05, 4.69) is 20.4 Å². The standard InChI is InChI=1S/C14H16ClN5/c15-10-6-4-8-17-12(10)14-18-11-7-3-1-2-5-9(11)13(19-14)20-16/h4,6,8H,1-3,5,7,16H2,(H,18,19,20). The molecule has 2 aromatic rings. The zero-order chi connectivity index (χ0) is 13.9. The molecule has 6 heteroatoms. The topological polar surface area (TPSA) is 76.7 Å². The smallest absolute Gasteiger partial charge is 0.182 e. The number of hydrogen-bond acceptors (Lipinski definition) is 5. The van der Waals surface area contributed by atoms with Crippen molar-refractivity contribution in [3.8, 4) is 11.5 Å². The van der Waals surface area contributed by atoms with Crippen molar-refractivity contribution in [3.63, 3.8) is 0 Å². The molecular formula is C14H16ClN5. The Morgan fingerprint density at radius 3 is 2.80 bits per heavy atom. The Morgan fingerprint density at radius 2 is 2.00 bits per heavy atom. The first-order valence-corrected chi connectivity index (χ1v) is 7.14. The van der Waals surface area contributed by atoms with E-state index in [1.807, 2.05) is 0 Å². The van der Waals surface area contributed by atoms with Gasteiger partial charge in [0.25, 0.3) is 0 Å². The van der Waals surface area contributed by atoms with E-state index >= 15 is 0 Å². The fourth-order valence-electron chi connectivity index (χ4n) is 2.55. The first-order chi connectivity index (χ1) is 9.79. The van der Waals surface area contributed by atoms with E-state index in [4.69, 9.17) is 17.4 Å². The van der Waals surface area contributed by atoms with Gasteiger partial charge in [0, 0.05) is 17.5 Å². The van der Waals surface area contributed by atoms with Gasteiger partial charge < -0.3 is 5.43 Å². The van der Waals surface area contributed by atoms with Gasteiger partial charge in [-0.1, -0.05) is 18.0 Å². The van der Waals surface area contributed by atoms with Crippen molar-refractivity contribution in [2.45, 2.75) is 32.1 Å². The maximum absolute atomic E-state index is 6.18. The van der Waals surface area contributed by atoms with E-state index in [1.165, 1.54) is 6.42 Å². The van der Waals surface area contributed by atoms with Crippen LogP contribution < -0.4 is 11.3 Å². The zero-order valence-electron chi connectivity index (χ0n) is 11.1. The lowest BCUT2D eigenvalue weighted by atomic mass is 10.1. The van der Waals surface area contributed by atoms with Gasteiger partial charge in [0.2, 0.25) is 0 Å². The molecule has 2 aromatic heterocycles. The highest BCUT2D eigenvalue weighted by Gasteiger charge is 2.18. The fourth-order valence-corrected chi connectivity index (χ4v) is 2.75. The van der Waals surface area contributed by atoms with E-state index in [1.54, 1.807) is 18.3 Å². The summed E-state index contributed by atoms with van der Waals surface area (Å²) in [5.41, 5.74) is 5.47. The molecule has 0 aromatic carbocycles. The van der Waals surface area contributed by atoms with Gasteiger partial charge in [0.05, 0.1) is 5.02 Å². The molecule has 0 bridgehead atoms. The monoisotopic (exact) mass is 289 g/mol. The molecule has 1 aliphatic rings. The van der Waals surface area contributed by atoms with Crippen molar-refractivity contribution < 1.29 is 0 Å². The van der Waals surface area contributed by atoms with Gasteiger partial charge in [-0.2, -0.15) is 0 Å². The van der Waals surface area contributed by atoms with Crippen LogP contribution in [0.3, 0.4) is 0 Å². The highest BCUT2D eigenvalue weighted by atomic mass is 35.5. The Balaban J connectivity index is 2.14. The minimum atomic E-state index is 0.532. The van der Waals surface area contributed by atoms with Crippen molar-refractivity contribution in [3.05, 3.63) is 34.6 Å². The molecule has 0 aliphatic heterocycles. The van der Waals surface area contributed by atoms with E-state index in [-0.39, 0.29) is 0 Å². The summed E-state index contributed by atoms with van der Waals surface area (Å²) in [6, 6.07) is 3.58. The summed E-state index contributed by atoms with van der Waals surface area (Å²) in [4.78, 5) is 13.4. The van der Waals surface area contributed by atoms with Crippen LogP contribution in [0.2, 0.25) is 5.02 Å². The minimum Gasteiger partial charge on any atom is -0.308 e. The summed E-state index contributed by atoms with van der Waals surface area (Å²) >= 11 is 6.18. The second-order valence-electron chi connectivity index (χ2n) is 4.86. The lowest BCUT2D eigenvalue weighted by molar-refractivity contribution is 0.709. The number of nitrogens with two attached hydrogens (primary N) is 1. The van der Waals surface area contributed by atoms with Gasteiger partial charge >= 0.3 is 0 Å². The van der Waals surface area contributed by atoms with Crippen molar-refractivity contribution >= 4 is 17.4 Å². The second-order valence-corrected chi connectivity index (χ2v) is 5.27. The Morgan fingerprint density at radius 1 is 1.15 bits per heavy atom. The number of fused-ring (bicyclic) bond motifs is 1. The molecule has 0 saturated carbocycles. The van der Waals surface area contributed by atoms with Crippen LogP contribution in [-0.4, -0.2) is 15.0 Å². The third kappa shape index (κ3) is 2.46. The summed E-state index contributed by atoms with van der Waals surface area (Å²) in [5, 5.41) is 0.545. The largest absolute Gasteiger partial charge is 0.308 e. The number of anilines is 1. The molecule has 0 radical (unpaired) electrons. The third-order valence-electron chi connectivity index (χ3n) is 3.54. The quantitative estimate of drug-likeness (QED) is 0.505. The summed E-state index contributed by atoms with van der Waals surface area (Å²) in [7, 11) is 0. The van der Waals surface area contributed by atoms with E-state index in [0.29, 0.717) is 22.4 Å². The van der Waals surface area contributed by atoms with Crippen LogP contribution in [0.25, 0.3) is 11.5 Å². The van der Waals surface area contributed by atoms with E-state index in [9.17, 15) is 0 Å². The van der Waals surface area contributed by atoms with Crippen LogP contribution in [0.15, 0.2) is 18.3 Å². The van der Waals surface area contributed by atoms with Crippen LogP contribution in [0, 0.1) is 0 Å². The Labute approximate surface area is 122 Å². The van der Waals surface area contributed by atoms with Gasteiger partial charge in [0.1, 0.15) is 11.5 Å². The zero-order valence-corrected chi connectivity index (χ0v) is 11.8. The predicted octanol–water partition coefficient (Wildman–Crippen LogP) is 2.75. The molecule has 104 valence electrons. The van der Waals surface area contributed by atoms with Crippen LogP contribution in [-0.2, 0) is 12.8 Å². The number of nitrogen functional groups attached to an aromatic ring is 1. The lowest BCUT2D eigenvalue weighted by Crippen LogP contribution is -2.14. The number of aromatic nitrogens is 3. The summed E-state index contributed by atoms with van der Waals surface area (Å²) in [6.45, 7) is 0. The molecule has 0 saturated heterocycles. The molecule has 2 heterocycles. The number of hydrogen-bond donors (Lipinski definition) is 2. The Bertz CT molecular complexity index is 629. The van der Waals surface area contributed by atoms with Crippen LogP contribution in [0.5, 0.6) is 0 Å². The number of nitrogens with zero attached hydrogens (tertiary/aromatic N) is 3. The third-order valence-corrected chi connectivity index (χ3v) is 3.85. The first kappa shape index (κ1) is 13.3. The van der Waals surface area contributed by atoms with Gasteiger partial charge in [-0.3, -0.25) is 4.98 Å². The van der Waals surface area contributed by atoms with E-state index in [0.717, 1.165) is 36.9 Å². The maximum atomic E-state index is 6.18. The number of pyridine rings is 1. The van der Waals surface area contributed by atoms with Crippen LogP contribution in [0.1, 0.15) is 30.5 Å². The molecule has 0 amide bonds. The molecular weight excluding hydrogens is 274 g/mol. The average molecular weight is 290 g/mol. The summed E-state index contributed by atoms with van der Waals surface area (Å²) < 4.78 is 0. The van der Waals surface area contributed by atoms with Crippen molar-refractivity contribution in [2.75, 3.05) is 5.43 Å². The molecule has 0 unspecified atom stereocenters. The Kier molecular flexibility index (Phi) is 3.80. The van der Waals surface area contributed by atoms with Crippen LogP contribution in [0.4, 0.5) is 5.82 Å². The van der Waals surface area contributed by atoms with E-state index < -0.39 is 0 Å². The highest BCUT2D eigenvalue weighted by molar-refractivity contribution is 6.32. The number of halogens is 1. The average Bonchev–Trinajstić information content (AvgIpc) is 2.72. The first-order valence-electron chi connectivity index (χ1n) is 6.77. The second kappa shape index (κ2) is 5.73. The molecule has 20 heavy (non-hydrogen) atoms. The fraction of sp³-hybridized carbons (Fsp3) is 0.357. The molecule has 5 nitrogen and oxygen atoms in total. The van der Waals surface area contributed by atoms with Gasteiger partial charge in [-0.25, -0.2) is 15.8 Å². The molecule has 3 N–H and O–H groups in total. The van der Waals surface area contributed by atoms with Crippen LogP contribution >= 0.6 is 11.6 Å². The lowest BCUT2D eigenvalue weighted by Gasteiger charge is -2.12. The SMILES string of the molecule is NNc1nc(-c2ncccc2Cl)nc2c1CCCCC2. The molecule has 0 spiro atoms. The van der Waals surface area contributed by atoms with Crippen molar-refractivity contribution in [1.82, 2.24) is 15.0 Å². The highest BCUT2D eigenvalue weighted by Crippen LogP contribution is 2.29. The van der Waals surface area contributed by atoms with Gasteiger partial charge in [-0.15, -0.1) is 0 Å². The predicted molar refractivity (Wildman–Crippen MR) is 79.3 cm³/mol. The molecule has 0 atom stereocenters. The van der Waals surface area contributed by atoms with Crippen molar-refractivity contribution in [1.29, 1.82) is 0 Å². The summed E-state index contributed by atoms with van der Waals surface area (Å²) in [5.74, 6) is 6.84. The normalized spacial score (nSPS) is 14.5. The molecule has 0 fully saturated rings. The van der Waals surface area contributed by atoms with Gasteiger partial charge in [-0.05, 0) is 37.8 Å². The Hall–Kier alpha value is -1.72. The number of aryl methyl sites for hydroxylation is 1. The minimum absolute atomic E-state index is 0.532. The van der Waals surface area contributed by atoms with Gasteiger partial charge in [0.15, 0.2) is 5.82 Å².